The van der Waals surface area contributed by atoms with Crippen LogP contribution in [-0.4, -0.2) is 50.4 Å². The molecular formula is C23H19BrF2N4O5S. The lowest BCUT2D eigenvalue weighted by atomic mass is 10.0. The fourth-order valence-electron chi connectivity index (χ4n) is 3.34. The normalized spacial score (nSPS) is 12.1. The van der Waals surface area contributed by atoms with Crippen molar-refractivity contribution in [3.63, 3.8) is 0 Å². The Morgan fingerprint density at radius 1 is 1.28 bits per heavy atom. The Labute approximate surface area is 216 Å². The fraction of sp³-hybridized carbons (Fsp3) is 0.261. The molecule has 1 atom stereocenters. The van der Waals surface area contributed by atoms with Gasteiger partial charge in [0.15, 0.2) is 5.16 Å². The van der Waals surface area contributed by atoms with Crippen LogP contribution in [0.1, 0.15) is 25.3 Å². The SMILES string of the molecule is CCOC(=O)C(CCC(=O)O)NC(=O)C(F)(F)Sc1ncc(Br)n1-c1ccc(C#N)c2ccccc12. The van der Waals surface area contributed by atoms with E-state index >= 15 is 8.78 Å². The zero-order valence-corrected chi connectivity index (χ0v) is 21.1. The minimum Gasteiger partial charge on any atom is -0.481 e. The quantitative estimate of drug-likeness (QED) is 0.268. The highest BCUT2D eigenvalue weighted by atomic mass is 79.9. The van der Waals surface area contributed by atoms with Crippen molar-refractivity contribution < 1.29 is 33.0 Å². The zero-order valence-electron chi connectivity index (χ0n) is 18.7. The summed E-state index contributed by atoms with van der Waals surface area (Å²) in [5, 5.41) is 17.0. The van der Waals surface area contributed by atoms with Crippen LogP contribution in [0.4, 0.5) is 8.78 Å². The first-order valence-corrected chi connectivity index (χ1v) is 12.1. The number of aromatic nitrogens is 2. The van der Waals surface area contributed by atoms with Gasteiger partial charge in [0.05, 0.1) is 30.1 Å². The van der Waals surface area contributed by atoms with Crippen LogP contribution in [0.3, 0.4) is 0 Å². The van der Waals surface area contributed by atoms with Crippen LogP contribution in [0.15, 0.2) is 52.4 Å². The first kappa shape index (κ1) is 27.1. The summed E-state index contributed by atoms with van der Waals surface area (Å²) in [6.45, 7) is 1.41. The molecule has 36 heavy (non-hydrogen) atoms. The predicted octanol–water partition coefficient (Wildman–Crippen LogP) is 4.26. The molecule has 0 aliphatic carbocycles. The Kier molecular flexibility index (Phi) is 8.65. The van der Waals surface area contributed by atoms with Crippen LogP contribution in [0.5, 0.6) is 0 Å². The van der Waals surface area contributed by atoms with E-state index in [1.54, 1.807) is 36.4 Å². The molecular weight excluding hydrogens is 562 g/mol. The molecule has 0 fully saturated rings. The van der Waals surface area contributed by atoms with Gasteiger partial charge in [-0.05, 0) is 53.2 Å². The lowest BCUT2D eigenvalue weighted by molar-refractivity contribution is -0.150. The summed E-state index contributed by atoms with van der Waals surface area (Å²) < 4.78 is 36.5. The Morgan fingerprint density at radius 2 is 1.97 bits per heavy atom. The number of carbonyl (C=O) groups is 3. The van der Waals surface area contributed by atoms with E-state index in [-0.39, 0.29) is 23.5 Å². The number of ether oxygens (including phenoxy) is 1. The summed E-state index contributed by atoms with van der Waals surface area (Å²) in [7, 11) is 0. The standard InChI is InChI=1S/C23H19BrF2N4O5S/c1-2-35-20(33)16(8-10-19(31)32)29-21(34)23(25,26)36-22-28-12-18(24)30(22)17-9-7-13(11-27)14-5-3-4-6-15(14)17/h3-7,9,12,16H,2,8,10H2,1H3,(H,29,34)(H,31,32). The second kappa shape index (κ2) is 11.5. The third-order valence-corrected chi connectivity index (χ3v) is 6.43. The van der Waals surface area contributed by atoms with Gasteiger partial charge in [0.1, 0.15) is 10.6 Å². The average Bonchev–Trinajstić information content (AvgIpc) is 3.19. The van der Waals surface area contributed by atoms with Gasteiger partial charge in [-0.2, -0.15) is 14.0 Å². The Hall–Kier alpha value is -3.50. The molecule has 188 valence electrons. The van der Waals surface area contributed by atoms with Crippen molar-refractivity contribution in [1.29, 1.82) is 5.26 Å². The Balaban J connectivity index is 1.92. The lowest BCUT2D eigenvalue weighted by Gasteiger charge is -2.21. The van der Waals surface area contributed by atoms with Crippen LogP contribution in [-0.2, 0) is 19.1 Å². The zero-order chi connectivity index (χ0) is 26.5. The summed E-state index contributed by atoms with van der Waals surface area (Å²) in [5.41, 5.74) is 0.842. The van der Waals surface area contributed by atoms with Gasteiger partial charge in [0.25, 0.3) is 0 Å². The van der Waals surface area contributed by atoms with Crippen molar-refractivity contribution >= 4 is 56.3 Å². The van der Waals surface area contributed by atoms with E-state index in [1.807, 2.05) is 5.32 Å². The smallest absolute Gasteiger partial charge is 0.377 e. The monoisotopic (exact) mass is 580 g/mol. The molecule has 1 amide bonds. The average molecular weight is 581 g/mol. The van der Waals surface area contributed by atoms with Gasteiger partial charge >= 0.3 is 23.1 Å². The van der Waals surface area contributed by atoms with Crippen LogP contribution in [0.25, 0.3) is 16.5 Å². The Bertz CT molecular complexity index is 1360. The number of nitriles is 1. The minimum absolute atomic E-state index is 0.0760. The van der Waals surface area contributed by atoms with E-state index in [1.165, 1.54) is 17.7 Å². The first-order valence-electron chi connectivity index (χ1n) is 10.5. The third kappa shape index (κ3) is 6.00. The maximum absolute atomic E-state index is 15.0. The minimum atomic E-state index is -4.08. The number of aliphatic carboxylic acids is 1. The molecule has 3 rings (SSSR count). The van der Waals surface area contributed by atoms with Crippen molar-refractivity contribution in [2.75, 3.05) is 6.61 Å². The van der Waals surface area contributed by atoms with Gasteiger partial charge in [-0.3, -0.25) is 14.2 Å². The van der Waals surface area contributed by atoms with Crippen LogP contribution >= 0.6 is 27.7 Å². The van der Waals surface area contributed by atoms with E-state index in [9.17, 15) is 19.6 Å². The predicted molar refractivity (Wildman–Crippen MR) is 130 cm³/mol. The number of hydrogen-bond donors (Lipinski definition) is 2. The number of carbonyl (C=O) groups excluding carboxylic acids is 2. The highest BCUT2D eigenvalue weighted by Gasteiger charge is 2.44. The van der Waals surface area contributed by atoms with E-state index in [0.29, 0.717) is 26.6 Å². The largest absolute Gasteiger partial charge is 0.481 e. The molecule has 0 saturated heterocycles. The highest BCUT2D eigenvalue weighted by molar-refractivity contribution is 9.10. The summed E-state index contributed by atoms with van der Waals surface area (Å²) >= 11 is 3.14. The molecule has 0 aliphatic rings. The maximum Gasteiger partial charge on any atom is 0.377 e. The number of nitrogens with one attached hydrogen (secondary N) is 1. The summed E-state index contributed by atoms with van der Waals surface area (Å²) in [5.74, 6) is -4.08. The van der Waals surface area contributed by atoms with Gasteiger partial charge in [0.2, 0.25) is 0 Å². The molecule has 13 heteroatoms. The molecule has 9 nitrogen and oxygen atoms in total. The number of fused-ring (bicyclic) bond motifs is 1. The lowest BCUT2D eigenvalue weighted by Crippen LogP contribution is -2.48. The van der Waals surface area contributed by atoms with Gasteiger partial charge in [-0.1, -0.05) is 24.3 Å². The van der Waals surface area contributed by atoms with Crippen LogP contribution < -0.4 is 5.32 Å². The Morgan fingerprint density at radius 3 is 2.61 bits per heavy atom. The second-order valence-corrected chi connectivity index (χ2v) is 9.21. The third-order valence-electron chi connectivity index (χ3n) is 4.96. The number of thioether (sulfide) groups is 1. The molecule has 0 bridgehead atoms. The molecule has 0 radical (unpaired) electrons. The number of rotatable bonds is 10. The number of halogens is 3. The van der Waals surface area contributed by atoms with Gasteiger partial charge in [0, 0.05) is 17.2 Å². The highest BCUT2D eigenvalue weighted by Crippen LogP contribution is 2.39. The topological polar surface area (TPSA) is 134 Å². The van der Waals surface area contributed by atoms with E-state index < -0.39 is 42.0 Å². The van der Waals surface area contributed by atoms with Crippen molar-refractivity contribution in [1.82, 2.24) is 14.9 Å². The summed E-state index contributed by atoms with van der Waals surface area (Å²) in [4.78, 5) is 39.4. The number of carboxylic acids is 1. The van der Waals surface area contributed by atoms with Crippen LogP contribution in [0.2, 0.25) is 0 Å². The van der Waals surface area contributed by atoms with Gasteiger partial charge in [-0.25, -0.2) is 9.78 Å². The van der Waals surface area contributed by atoms with E-state index in [2.05, 4.69) is 27.0 Å². The van der Waals surface area contributed by atoms with Crippen molar-refractivity contribution in [3.8, 4) is 11.8 Å². The number of hydrogen-bond acceptors (Lipinski definition) is 7. The van der Waals surface area contributed by atoms with Crippen molar-refractivity contribution in [3.05, 3.63) is 52.8 Å². The number of carboxylic acid groups (broad SMARTS) is 1. The van der Waals surface area contributed by atoms with Crippen molar-refractivity contribution in [2.45, 2.75) is 36.2 Å². The molecule has 2 N–H and O–H groups in total. The van der Waals surface area contributed by atoms with E-state index in [0.717, 1.165) is 0 Å². The number of esters is 1. The van der Waals surface area contributed by atoms with Gasteiger partial charge in [-0.15, -0.1) is 0 Å². The van der Waals surface area contributed by atoms with Crippen molar-refractivity contribution in [2.24, 2.45) is 0 Å². The number of imidazole rings is 1. The molecule has 0 aliphatic heterocycles. The molecule has 2 aromatic carbocycles. The van der Waals surface area contributed by atoms with E-state index in [4.69, 9.17) is 9.84 Å². The van der Waals surface area contributed by atoms with Gasteiger partial charge < -0.3 is 15.2 Å². The second-order valence-electron chi connectivity index (χ2n) is 7.32. The summed E-state index contributed by atoms with van der Waals surface area (Å²) in [6, 6.07) is 10.6. The summed E-state index contributed by atoms with van der Waals surface area (Å²) in [6.07, 6.45) is 0.335. The molecule has 3 aromatic rings. The molecule has 0 spiro atoms. The molecule has 1 heterocycles. The number of nitrogens with zero attached hydrogens (tertiary/aromatic N) is 3. The number of alkyl halides is 2. The van der Waals surface area contributed by atoms with Crippen LogP contribution in [0, 0.1) is 11.3 Å². The molecule has 1 aromatic heterocycles. The maximum atomic E-state index is 15.0. The number of benzene rings is 2. The fourth-order valence-corrected chi connectivity index (χ4v) is 4.70. The molecule has 0 saturated carbocycles. The number of amides is 1. The first-order chi connectivity index (χ1) is 17.1. The molecule has 1 unspecified atom stereocenters.